The lowest BCUT2D eigenvalue weighted by Crippen LogP contribution is -2.18. The number of hydrogen-bond acceptors (Lipinski definition) is 4. The van der Waals surface area contributed by atoms with E-state index in [0.717, 1.165) is 6.54 Å². The van der Waals surface area contributed by atoms with Gasteiger partial charge < -0.3 is 10.6 Å². The van der Waals surface area contributed by atoms with Gasteiger partial charge in [-0.25, -0.2) is 9.97 Å². The molecule has 0 aliphatic rings. The Morgan fingerprint density at radius 1 is 1.46 bits per heavy atom. The molecule has 0 radical (unpaired) electrons. The molecule has 0 unspecified atom stereocenters. The number of rotatable bonds is 3. The van der Waals surface area contributed by atoms with Crippen molar-refractivity contribution >= 4 is 11.9 Å². The molecule has 70 valence electrons. The monoisotopic (exact) mass is 180 g/mol. The van der Waals surface area contributed by atoms with Crippen molar-refractivity contribution in [2.24, 2.45) is 0 Å². The van der Waals surface area contributed by atoms with Crippen molar-refractivity contribution < 1.29 is 4.79 Å². The van der Waals surface area contributed by atoms with Crippen LogP contribution >= 0.6 is 0 Å². The fourth-order valence-corrected chi connectivity index (χ4v) is 0.839. The highest BCUT2D eigenvalue weighted by Gasteiger charge is 2.03. The highest BCUT2D eigenvalue weighted by atomic mass is 16.1. The van der Waals surface area contributed by atoms with Crippen LogP contribution in [0.25, 0.3) is 0 Å². The van der Waals surface area contributed by atoms with E-state index in [1.54, 1.807) is 7.05 Å². The minimum atomic E-state index is -0.178. The maximum Gasteiger partial charge on any atom is 0.254 e. The molecule has 13 heavy (non-hydrogen) atoms. The van der Waals surface area contributed by atoms with Gasteiger partial charge in [0.25, 0.3) is 5.91 Å². The maximum absolute atomic E-state index is 11.1. The number of nitrogens with zero attached hydrogens (tertiary/aromatic N) is 2. The molecular formula is C8H12N4O. The Balaban J connectivity index is 2.75. The molecule has 0 spiro atoms. The molecule has 5 nitrogen and oxygen atoms in total. The van der Waals surface area contributed by atoms with Crippen LogP contribution in [0.4, 0.5) is 5.95 Å². The summed E-state index contributed by atoms with van der Waals surface area (Å²) in [4.78, 5) is 19.0. The van der Waals surface area contributed by atoms with Crippen molar-refractivity contribution in [3.05, 3.63) is 18.0 Å². The summed E-state index contributed by atoms with van der Waals surface area (Å²) in [6, 6.07) is 0. The summed E-state index contributed by atoms with van der Waals surface area (Å²) in [5.41, 5.74) is 0.462. The summed E-state index contributed by atoms with van der Waals surface area (Å²) < 4.78 is 0. The standard InChI is InChI=1S/C8H12N4O/c1-3-10-8-11-4-6(5-12-8)7(13)9-2/h4-5H,3H2,1-2H3,(H,9,13)(H,10,11,12). The average molecular weight is 180 g/mol. The molecule has 0 fully saturated rings. The summed E-state index contributed by atoms with van der Waals surface area (Å²) >= 11 is 0. The molecule has 0 aliphatic heterocycles. The van der Waals surface area contributed by atoms with Crippen molar-refractivity contribution in [2.45, 2.75) is 6.92 Å². The second-order valence-corrected chi connectivity index (χ2v) is 2.40. The van der Waals surface area contributed by atoms with Gasteiger partial charge >= 0.3 is 0 Å². The first-order valence-corrected chi connectivity index (χ1v) is 4.06. The molecule has 0 aliphatic carbocycles. The Morgan fingerprint density at radius 3 is 2.54 bits per heavy atom. The van der Waals surface area contributed by atoms with Gasteiger partial charge in [0.05, 0.1) is 5.56 Å². The van der Waals surface area contributed by atoms with Gasteiger partial charge in [-0.2, -0.15) is 0 Å². The molecule has 2 N–H and O–H groups in total. The van der Waals surface area contributed by atoms with Gasteiger partial charge in [-0.3, -0.25) is 4.79 Å². The van der Waals surface area contributed by atoms with Crippen LogP contribution in [-0.2, 0) is 0 Å². The molecular weight excluding hydrogens is 168 g/mol. The summed E-state index contributed by atoms with van der Waals surface area (Å²) in [6.07, 6.45) is 2.98. The molecule has 0 bridgehead atoms. The van der Waals surface area contributed by atoms with Gasteiger partial charge in [0.15, 0.2) is 0 Å². The Kier molecular flexibility index (Phi) is 3.19. The lowest BCUT2D eigenvalue weighted by atomic mass is 10.3. The molecule has 1 rings (SSSR count). The topological polar surface area (TPSA) is 66.9 Å². The third kappa shape index (κ3) is 2.40. The minimum absolute atomic E-state index is 0.178. The van der Waals surface area contributed by atoms with E-state index in [2.05, 4.69) is 20.6 Å². The molecule has 1 aromatic heterocycles. The van der Waals surface area contributed by atoms with E-state index in [-0.39, 0.29) is 5.91 Å². The largest absolute Gasteiger partial charge is 0.355 e. The van der Waals surface area contributed by atoms with Gasteiger partial charge in [-0.05, 0) is 6.92 Å². The number of carbonyl (C=O) groups is 1. The third-order valence-corrected chi connectivity index (χ3v) is 1.48. The first kappa shape index (κ1) is 9.44. The Labute approximate surface area is 76.6 Å². The number of carbonyl (C=O) groups excluding carboxylic acids is 1. The molecule has 0 aromatic carbocycles. The molecule has 0 saturated heterocycles. The molecule has 1 amide bonds. The van der Waals surface area contributed by atoms with E-state index in [0.29, 0.717) is 11.5 Å². The quantitative estimate of drug-likeness (QED) is 0.700. The van der Waals surface area contributed by atoms with E-state index < -0.39 is 0 Å². The number of nitrogens with one attached hydrogen (secondary N) is 2. The Bertz CT molecular complexity index is 283. The third-order valence-electron chi connectivity index (χ3n) is 1.48. The van der Waals surface area contributed by atoms with Crippen molar-refractivity contribution in [1.82, 2.24) is 15.3 Å². The lowest BCUT2D eigenvalue weighted by Gasteiger charge is -2.01. The molecule has 0 atom stereocenters. The van der Waals surface area contributed by atoms with E-state index in [4.69, 9.17) is 0 Å². The lowest BCUT2D eigenvalue weighted by molar-refractivity contribution is 0.0962. The van der Waals surface area contributed by atoms with Gasteiger partial charge in [0, 0.05) is 26.0 Å². The van der Waals surface area contributed by atoms with Crippen LogP contribution in [0.3, 0.4) is 0 Å². The average Bonchev–Trinajstić information content (AvgIpc) is 2.18. The second-order valence-electron chi connectivity index (χ2n) is 2.40. The maximum atomic E-state index is 11.1. The normalized spacial score (nSPS) is 9.38. The van der Waals surface area contributed by atoms with Crippen LogP contribution in [0.2, 0.25) is 0 Å². The fourth-order valence-electron chi connectivity index (χ4n) is 0.839. The summed E-state index contributed by atoms with van der Waals surface area (Å²) in [6.45, 7) is 2.72. The van der Waals surface area contributed by atoms with E-state index in [1.165, 1.54) is 12.4 Å². The summed E-state index contributed by atoms with van der Waals surface area (Å²) in [7, 11) is 1.57. The van der Waals surface area contributed by atoms with Crippen LogP contribution in [0.15, 0.2) is 12.4 Å². The van der Waals surface area contributed by atoms with Crippen molar-refractivity contribution in [2.75, 3.05) is 18.9 Å². The van der Waals surface area contributed by atoms with Crippen LogP contribution in [0.5, 0.6) is 0 Å². The van der Waals surface area contributed by atoms with Crippen molar-refractivity contribution in [3.8, 4) is 0 Å². The van der Waals surface area contributed by atoms with Crippen LogP contribution in [0.1, 0.15) is 17.3 Å². The highest BCUT2D eigenvalue weighted by molar-refractivity contribution is 5.93. The second kappa shape index (κ2) is 4.39. The van der Waals surface area contributed by atoms with Gasteiger partial charge in [-0.1, -0.05) is 0 Å². The zero-order chi connectivity index (χ0) is 9.68. The van der Waals surface area contributed by atoms with E-state index in [9.17, 15) is 4.79 Å². The SMILES string of the molecule is CCNc1ncc(C(=O)NC)cn1. The summed E-state index contributed by atoms with van der Waals surface area (Å²) in [5.74, 6) is 0.359. The smallest absolute Gasteiger partial charge is 0.254 e. The van der Waals surface area contributed by atoms with Gasteiger partial charge in [-0.15, -0.1) is 0 Å². The van der Waals surface area contributed by atoms with Crippen LogP contribution < -0.4 is 10.6 Å². The molecule has 1 aromatic rings. The summed E-state index contributed by atoms with van der Waals surface area (Å²) in [5, 5.41) is 5.43. The zero-order valence-electron chi connectivity index (χ0n) is 7.66. The van der Waals surface area contributed by atoms with Gasteiger partial charge in [0.2, 0.25) is 5.95 Å². The molecule has 1 heterocycles. The van der Waals surface area contributed by atoms with E-state index >= 15 is 0 Å². The van der Waals surface area contributed by atoms with Gasteiger partial charge in [0.1, 0.15) is 0 Å². The number of aromatic nitrogens is 2. The number of anilines is 1. The molecule has 0 saturated carbocycles. The Hall–Kier alpha value is -1.65. The van der Waals surface area contributed by atoms with Crippen LogP contribution in [0, 0.1) is 0 Å². The Morgan fingerprint density at radius 2 is 2.08 bits per heavy atom. The fraction of sp³-hybridized carbons (Fsp3) is 0.375. The van der Waals surface area contributed by atoms with Crippen molar-refractivity contribution in [3.63, 3.8) is 0 Å². The minimum Gasteiger partial charge on any atom is -0.355 e. The number of hydrogen-bond donors (Lipinski definition) is 2. The predicted molar refractivity (Wildman–Crippen MR) is 49.6 cm³/mol. The first-order chi connectivity index (χ1) is 6.27. The zero-order valence-corrected chi connectivity index (χ0v) is 7.66. The van der Waals surface area contributed by atoms with Crippen LogP contribution in [-0.4, -0.2) is 29.5 Å². The molecule has 5 heteroatoms. The van der Waals surface area contributed by atoms with Crippen molar-refractivity contribution in [1.29, 1.82) is 0 Å². The predicted octanol–water partition coefficient (Wildman–Crippen LogP) is 0.268. The highest BCUT2D eigenvalue weighted by Crippen LogP contribution is 1.99. The van der Waals surface area contributed by atoms with E-state index in [1.807, 2.05) is 6.92 Å². The first-order valence-electron chi connectivity index (χ1n) is 4.06. The number of amides is 1.